The van der Waals surface area contributed by atoms with Crippen LogP contribution in [0.3, 0.4) is 0 Å². The maximum absolute atomic E-state index is 11.3. The molecule has 1 rings (SSSR count). The maximum Gasteiger partial charge on any atom is 0.238 e. The molecule has 0 aliphatic carbocycles. The van der Waals surface area contributed by atoms with Crippen LogP contribution in [0.5, 0.6) is 0 Å². The van der Waals surface area contributed by atoms with E-state index in [9.17, 15) is 4.79 Å². The second-order valence-corrected chi connectivity index (χ2v) is 3.51. The highest BCUT2D eigenvalue weighted by molar-refractivity contribution is 7.08. The van der Waals surface area contributed by atoms with Crippen molar-refractivity contribution in [2.24, 2.45) is 0 Å². The molecule has 0 atom stereocenters. The molecule has 0 bridgehead atoms. The van der Waals surface area contributed by atoms with Gasteiger partial charge in [-0.2, -0.15) is 11.3 Å². The van der Waals surface area contributed by atoms with Gasteiger partial charge >= 0.3 is 0 Å². The van der Waals surface area contributed by atoms with Gasteiger partial charge in [-0.3, -0.25) is 4.79 Å². The van der Waals surface area contributed by atoms with Crippen LogP contribution < -0.4 is 10.6 Å². The summed E-state index contributed by atoms with van der Waals surface area (Å²) in [6.07, 6.45) is 0. The minimum Gasteiger partial charge on any atom is -0.383 e. The van der Waals surface area contributed by atoms with Crippen LogP contribution in [0.2, 0.25) is 0 Å². The Hall–Kier alpha value is -0.910. The van der Waals surface area contributed by atoms with Crippen molar-refractivity contribution in [1.82, 2.24) is 5.32 Å². The first-order valence-electron chi connectivity index (χ1n) is 4.34. The number of carbonyl (C=O) groups is 1. The van der Waals surface area contributed by atoms with Gasteiger partial charge in [0.1, 0.15) is 0 Å². The Morgan fingerprint density at radius 2 is 2.50 bits per heavy atom. The monoisotopic (exact) mass is 214 g/mol. The average Bonchev–Trinajstić information content (AvgIpc) is 2.65. The van der Waals surface area contributed by atoms with Gasteiger partial charge in [0.15, 0.2) is 0 Å². The van der Waals surface area contributed by atoms with E-state index >= 15 is 0 Å². The first-order valence-corrected chi connectivity index (χ1v) is 5.29. The van der Waals surface area contributed by atoms with E-state index in [1.165, 1.54) is 0 Å². The lowest BCUT2D eigenvalue weighted by atomic mass is 10.5. The number of amides is 1. The van der Waals surface area contributed by atoms with E-state index < -0.39 is 0 Å². The van der Waals surface area contributed by atoms with Gasteiger partial charge in [-0.25, -0.2) is 0 Å². The van der Waals surface area contributed by atoms with Crippen LogP contribution >= 0.6 is 11.3 Å². The lowest BCUT2D eigenvalue weighted by molar-refractivity contribution is -0.115. The van der Waals surface area contributed by atoms with Crippen LogP contribution in [0.25, 0.3) is 0 Å². The number of hydrogen-bond acceptors (Lipinski definition) is 4. The van der Waals surface area contributed by atoms with Crippen LogP contribution in [0.15, 0.2) is 16.8 Å². The van der Waals surface area contributed by atoms with E-state index in [1.807, 2.05) is 16.8 Å². The van der Waals surface area contributed by atoms with Crippen LogP contribution in [-0.2, 0) is 9.53 Å². The van der Waals surface area contributed by atoms with Crippen molar-refractivity contribution in [1.29, 1.82) is 0 Å². The Morgan fingerprint density at radius 1 is 1.64 bits per heavy atom. The quantitative estimate of drug-likeness (QED) is 0.692. The van der Waals surface area contributed by atoms with Crippen molar-refractivity contribution < 1.29 is 9.53 Å². The van der Waals surface area contributed by atoms with Crippen molar-refractivity contribution in [2.75, 3.05) is 32.1 Å². The van der Waals surface area contributed by atoms with E-state index in [1.54, 1.807) is 18.4 Å². The predicted octanol–water partition coefficient (Wildman–Crippen LogP) is 0.923. The van der Waals surface area contributed by atoms with Crippen LogP contribution in [-0.4, -0.2) is 32.7 Å². The highest BCUT2D eigenvalue weighted by atomic mass is 32.1. The number of rotatable bonds is 6. The molecule has 4 nitrogen and oxygen atoms in total. The highest BCUT2D eigenvalue weighted by Gasteiger charge is 2.00. The maximum atomic E-state index is 11.3. The van der Waals surface area contributed by atoms with Crippen LogP contribution in [0.1, 0.15) is 0 Å². The molecule has 1 heterocycles. The molecule has 0 aliphatic rings. The minimum atomic E-state index is -0.0282. The van der Waals surface area contributed by atoms with Gasteiger partial charge in [0, 0.05) is 19.0 Å². The van der Waals surface area contributed by atoms with E-state index in [4.69, 9.17) is 4.74 Å². The first kappa shape index (κ1) is 11.2. The number of thiophene rings is 1. The summed E-state index contributed by atoms with van der Waals surface area (Å²) in [7, 11) is 1.63. The SMILES string of the molecule is COCCNCC(=O)Nc1ccsc1. The fourth-order valence-corrected chi connectivity index (χ4v) is 1.50. The summed E-state index contributed by atoms with van der Waals surface area (Å²) in [6.45, 7) is 1.62. The van der Waals surface area contributed by atoms with Crippen molar-refractivity contribution in [3.63, 3.8) is 0 Å². The third-order valence-corrected chi connectivity index (χ3v) is 2.26. The smallest absolute Gasteiger partial charge is 0.238 e. The zero-order valence-corrected chi connectivity index (χ0v) is 8.89. The molecule has 0 radical (unpaired) electrons. The summed E-state index contributed by atoms with van der Waals surface area (Å²) in [6, 6.07) is 1.87. The molecule has 0 aromatic carbocycles. The Morgan fingerprint density at radius 3 is 3.14 bits per heavy atom. The third kappa shape index (κ3) is 4.36. The van der Waals surface area contributed by atoms with Gasteiger partial charge in [-0.15, -0.1) is 0 Å². The van der Waals surface area contributed by atoms with Gasteiger partial charge in [0.05, 0.1) is 18.8 Å². The lowest BCUT2D eigenvalue weighted by Crippen LogP contribution is -2.30. The standard InChI is InChI=1S/C9H14N2O2S/c1-13-4-3-10-6-9(12)11-8-2-5-14-7-8/h2,5,7,10H,3-4,6H2,1H3,(H,11,12). The molecule has 0 unspecified atom stereocenters. The summed E-state index contributed by atoms with van der Waals surface area (Å²) in [5.41, 5.74) is 0.855. The lowest BCUT2D eigenvalue weighted by Gasteiger charge is -2.04. The van der Waals surface area contributed by atoms with Gasteiger partial charge in [-0.05, 0) is 11.4 Å². The summed E-state index contributed by atoms with van der Waals surface area (Å²) in [4.78, 5) is 11.3. The molecule has 14 heavy (non-hydrogen) atoms. The third-order valence-electron chi connectivity index (χ3n) is 1.57. The second-order valence-electron chi connectivity index (χ2n) is 2.73. The van der Waals surface area contributed by atoms with E-state index in [0.29, 0.717) is 19.7 Å². The number of ether oxygens (including phenoxy) is 1. The van der Waals surface area contributed by atoms with Gasteiger partial charge in [0.25, 0.3) is 0 Å². The molecular formula is C9H14N2O2S. The second kappa shape index (κ2) is 6.53. The number of hydrogen-bond donors (Lipinski definition) is 2. The normalized spacial score (nSPS) is 10.1. The zero-order chi connectivity index (χ0) is 10.2. The average molecular weight is 214 g/mol. The topological polar surface area (TPSA) is 50.4 Å². The fraction of sp³-hybridized carbons (Fsp3) is 0.444. The molecular weight excluding hydrogens is 200 g/mol. The largest absolute Gasteiger partial charge is 0.383 e. The Bertz CT molecular complexity index is 262. The van der Waals surface area contributed by atoms with Crippen molar-refractivity contribution in [3.05, 3.63) is 16.8 Å². The van der Waals surface area contributed by atoms with Gasteiger partial charge in [-0.1, -0.05) is 0 Å². The van der Waals surface area contributed by atoms with Crippen molar-refractivity contribution in [2.45, 2.75) is 0 Å². The number of nitrogens with one attached hydrogen (secondary N) is 2. The molecule has 2 N–H and O–H groups in total. The summed E-state index contributed by atoms with van der Waals surface area (Å²) < 4.78 is 4.84. The molecule has 0 spiro atoms. The molecule has 1 aromatic rings. The fourth-order valence-electron chi connectivity index (χ4n) is 0.917. The van der Waals surface area contributed by atoms with E-state index in [2.05, 4.69) is 10.6 Å². The highest BCUT2D eigenvalue weighted by Crippen LogP contribution is 2.10. The van der Waals surface area contributed by atoms with Crippen molar-refractivity contribution >= 4 is 22.9 Å². The molecule has 0 aliphatic heterocycles. The summed E-state index contributed by atoms with van der Waals surface area (Å²) in [5.74, 6) is -0.0282. The van der Waals surface area contributed by atoms with E-state index in [-0.39, 0.29) is 5.91 Å². The van der Waals surface area contributed by atoms with Crippen LogP contribution in [0.4, 0.5) is 5.69 Å². The van der Waals surface area contributed by atoms with Gasteiger partial charge in [0.2, 0.25) is 5.91 Å². The number of anilines is 1. The summed E-state index contributed by atoms with van der Waals surface area (Å²) in [5, 5.41) is 9.55. The summed E-state index contributed by atoms with van der Waals surface area (Å²) >= 11 is 1.56. The molecule has 0 fully saturated rings. The zero-order valence-electron chi connectivity index (χ0n) is 8.08. The predicted molar refractivity (Wildman–Crippen MR) is 57.7 cm³/mol. The first-order chi connectivity index (χ1) is 6.83. The number of carbonyl (C=O) groups excluding carboxylic acids is 1. The molecule has 78 valence electrons. The Kier molecular flexibility index (Phi) is 5.21. The van der Waals surface area contributed by atoms with Gasteiger partial charge < -0.3 is 15.4 Å². The van der Waals surface area contributed by atoms with Crippen LogP contribution in [0, 0.1) is 0 Å². The molecule has 1 aromatic heterocycles. The Labute approximate surface area is 87.3 Å². The molecule has 0 saturated heterocycles. The number of methoxy groups -OCH3 is 1. The molecule has 5 heteroatoms. The molecule has 0 saturated carbocycles. The molecule has 1 amide bonds. The minimum absolute atomic E-state index is 0.0282. The van der Waals surface area contributed by atoms with E-state index in [0.717, 1.165) is 5.69 Å². The Balaban J connectivity index is 2.11. The van der Waals surface area contributed by atoms with Crippen molar-refractivity contribution in [3.8, 4) is 0 Å².